The molecule has 1 heterocycles. The normalized spacial score (nSPS) is 26.5. The molecule has 5 atom stereocenters. The first kappa shape index (κ1) is 23.1. The first-order valence-electron chi connectivity index (χ1n) is 9.86. The van der Waals surface area contributed by atoms with Gasteiger partial charge in [-0.15, -0.1) is 0 Å². The van der Waals surface area contributed by atoms with Gasteiger partial charge in [-0.2, -0.15) is 0 Å². The van der Waals surface area contributed by atoms with Crippen molar-refractivity contribution < 1.29 is 33.6 Å². The second-order valence-corrected chi connectivity index (χ2v) is 7.30. The van der Waals surface area contributed by atoms with E-state index in [0.29, 0.717) is 26.1 Å². The molecule has 0 spiro atoms. The Morgan fingerprint density at radius 1 is 1.31 bits per heavy atom. The number of hydrogen-bond donors (Lipinski definition) is 2. The molecule has 3 unspecified atom stereocenters. The van der Waals surface area contributed by atoms with Gasteiger partial charge >= 0.3 is 12.1 Å². The maximum absolute atomic E-state index is 12.4. The molecule has 0 bridgehead atoms. The summed E-state index contributed by atoms with van der Waals surface area (Å²) >= 11 is 0. The standard InChI is InChI=1S/C21H31NO7/c1-14(26-3)9-10-28-19-15(2)29-20(23)18(22-21(24)25)13-27-12-17(19)11-16-7-5-4-6-8-16/h4-8,14-15,17-19,22H,9-13H2,1-3H3,(H,24,25)/t14?,15?,17-,18-,19?/m0/s1. The van der Waals surface area contributed by atoms with Crippen LogP contribution in [0.4, 0.5) is 4.79 Å². The van der Waals surface area contributed by atoms with E-state index in [9.17, 15) is 9.59 Å². The number of ether oxygens (including phenoxy) is 4. The van der Waals surface area contributed by atoms with Crippen LogP contribution in [0.2, 0.25) is 0 Å². The Kier molecular flexibility index (Phi) is 9.37. The molecule has 29 heavy (non-hydrogen) atoms. The van der Waals surface area contributed by atoms with E-state index < -0.39 is 30.3 Å². The lowest BCUT2D eigenvalue weighted by Gasteiger charge is -2.31. The molecule has 0 radical (unpaired) electrons. The lowest BCUT2D eigenvalue weighted by Crippen LogP contribution is -2.46. The van der Waals surface area contributed by atoms with Gasteiger partial charge in [0.05, 0.1) is 25.4 Å². The average molecular weight is 409 g/mol. The van der Waals surface area contributed by atoms with Gasteiger partial charge in [-0.3, -0.25) is 0 Å². The van der Waals surface area contributed by atoms with E-state index in [1.807, 2.05) is 37.3 Å². The van der Waals surface area contributed by atoms with Crippen LogP contribution in [0, 0.1) is 5.92 Å². The molecule has 1 aromatic rings. The summed E-state index contributed by atoms with van der Waals surface area (Å²) in [6.07, 6.45) is -0.817. The molecule has 0 saturated carbocycles. The maximum Gasteiger partial charge on any atom is 0.405 e. The molecule has 0 aliphatic carbocycles. The smallest absolute Gasteiger partial charge is 0.405 e. The van der Waals surface area contributed by atoms with E-state index in [2.05, 4.69) is 5.32 Å². The highest BCUT2D eigenvalue weighted by Crippen LogP contribution is 2.23. The van der Waals surface area contributed by atoms with Crippen molar-refractivity contribution in [1.82, 2.24) is 5.32 Å². The zero-order valence-corrected chi connectivity index (χ0v) is 17.2. The first-order chi connectivity index (χ1) is 13.9. The van der Waals surface area contributed by atoms with Gasteiger partial charge in [0.15, 0.2) is 6.04 Å². The number of hydrogen-bond acceptors (Lipinski definition) is 6. The predicted octanol–water partition coefficient (Wildman–Crippen LogP) is 2.25. The van der Waals surface area contributed by atoms with E-state index >= 15 is 0 Å². The van der Waals surface area contributed by atoms with E-state index in [4.69, 9.17) is 24.1 Å². The molecule has 1 fully saturated rings. The van der Waals surface area contributed by atoms with Gasteiger partial charge < -0.3 is 29.4 Å². The Labute approximate surface area is 171 Å². The maximum atomic E-state index is 12.4. The summed E-state index contributed by atoms with van der Waals surface area (Å²) in [4.78, 5) is 23.4. The summed E-state index contributed by atoms with van der Waals surface area (Å²) in [6.45, 7) is 4.41. The number of carboxylic acid groups (broad SMARTS) is 1. The monoisotopic (exact) mass is 409 g/mol. The average Bonchev–Trinajstić information content (AvgIpc) is 2.73. The van der Waals surface area contributed by atoms with E-state index in [1.165, 1.54) is 0 Å². The van der Waals surface area contributed by atoms with Crippen LogP contribution in [0.15, 0.2) is 30.3 Å². The van der Waals surface area contributed by atoms with E-state index in [1.54, 1.807) is 14.0 Å². The van der Waals surface area contributed by atoms with Crippen LogP contribution < -0.4 is 5.32 Å². The van der Waals surface area contributed by atoms with Crippen LogP contribution in [-0.4, -0.2) is 68.5 Å². The topological polar surface area (TPSA) is 103 Å². The number of cyclic esters (lactones) is 1. The van der Waals surface area contributed by atoms with Crippen molar-refractivity contribution >= 4 is 12.1 Å². The van der Waals surface area contributed by atoms with Crippen LogP contribution in [0.25, 0.3) is 0 Å². The first-order valence-corrected chi connectivity index (χ1v) is 9.86. The van der Waals surface area contributed by atoms with Gasteiger partial charge in [-0.05, 0) is 32.3 Å². The molecule has 8 nitrogen and oxygen atoms in total. The zero-order chi connectivity index (χ0) is 21.2. The van der Waals surface area contributed by atoms with Gasteiger partial charge in [0.2, 0.25) is 0 Å². The Morgan fingerprint density at radius 2 is 2.03 bits per heavy atom. The minimum absolute atomic E-state index is 0.0529. The fourth-order valence-corrected chi connectivity index (χ4v) is 3.32. The van der Waals surface area contributed by atoms with Crippen molar-refractivity contribution in [2.24, 2.45) is 5.92 Å². The van der Waals surface area contributed by atoms with Gasteiger partial charge in [-0.25, -0.2) is 9.59 Å². The van der Waals surface area contributed by atoms with E-state index in [0.717, 1.165) is 5.56 Å². The highest BCUT2D eigenvalue weighted by Gasteiger charge is 2.35. The van der Waals surface area contributed by atoms with Crippen molar-refractivity contribution in [3.05, 3.63) is 35.9 Å². The Morgan fingerprint density at radius 3 is 2.69 bits per heavy atom. The summed E-state index contributed by atoms with van der Waals surface area (Å²) in [5, 5.41) is 11.1. The fraction of sp³-hybridized carbons (Fsp3) is 0.619. The summed E-state index contributed by atoms with van der Waals surface area (Å²) in [6, 6.07) is 8.88. The molecule has 1 aliphatic rings. The Balaban J connectivity index is 2.16. The number of nitrogens with one attached hydrogen (secondary N) is 1. The van der Waals surface area contributed by atoms with Gasteiger partial charge in [0, 0.05) is 19.6 Å². The van der Waals surface area contributed by atoms with Gasteiger partial charge in [0.25, 0.3) is 0 Å². The molecule has 2 N–H and O–H groups in total. The second kappa shape index (κ2) is 11.7. The highest BCUT2D eigenvalue weighted by atomic mass is 16.6. The number of amides is 1. The number of methoxy groups -OCH3 is 1. The van der Waals surface area contributed by atoms with Crippen LogP contribution in [0.5, 0.6) is 0 Å². The fourth-order valence-electron chi connectivity index (χ4n) is 3.32. The number of carbonyl (C=O) groups is 2. The van der Waals surface area contributed by atoms with Crippen LogP contribution >= 0.6 is 0 Å². The highest BCUT2D eigenvalue weighted by molar-refractivity contribution is 5.81. The van der Waals surface area contributed by atoms with Crippen molar-refractivity contribution in [1.29, 1.82) is 0 Å². The number of benzene rings is 1. The molecule has 1 amide bonds. The number of esters is 1. The molecule has 0 aromatic heterocycles. The Bertz CT molecular complexity index is 639. The third-order valence-electron chi connectivity index (χ3n) is 5.01. The van der Waals surface area contributed by atoms with Crippen molar-refractivity contribution in [3.8, 4) is 0 Å². The molecule has 1 aliphatic heterocycles. The van der Waals surface area contributed by atoms with Crippen LogP contribution in [-0.2, 0) is 30.2 Å². The SMILES string of the molecule is COC(C)CCOC1C(C)OC(=O)[C@@H](NC(=O)O)COC[C@@H]1Cc1ccccc1. The lowest BCUT2D eigenvalue weighted by molar-refractivity contribution is -0.160. The van der Waals surface area contributed by atoms with Crippen molar-refractivity contribution in [2.75, 3.05) is 26.9 Å². The third kappa shape index (κ3) is 7.64. The Hall–Kier alpha value is -2.16. The largest absolute Gasteiger partial charge is 0.465 e. The summed E-state index contributed by atoms with van der Waals surface area (Å²) in [7, 11) is 1.65. The quantitative estimate of drug-likeness (QED) is 0.635. The molecular formula is C21H31NO7. The van der Waals surface area contributed by atoms with Crippen molar-refractivity contribution in [2.45, 2.75) is 51.0 Å². The van der Waals surface area contributed by atoms with Crippen molar-refractivity contribution in [3.63, 3.8) is 0 Å². The second-order valence-electron chi connectivity index (χ2n) is 7.30. The summed E-state index contributed by atoms with van der Waals surface area (Å²) < 4.78 is 22.7. The lowest BCUT2D eigenvalue weighted by atomic mass is 9.91. The summed E-state index contributed by atoms with van der Waals surface area (Å²) in [5.74, 6) is -0.735. The predicted molar refractivity (Wildman–Crippen MR) is 106 cm³/mol. The van der Waals surface area contributed by atoms with Crippen LogP contribution in [0.3, 0.4) is 0 Å². The zero-order valence-electron chi connectivity index (χ0n) is 17.2. The molecule has 1 saturated heterocycles. The van der Waals surface area contributed by atoms with E-state index in [-0.39, 0.29) is 18.6 Å². The summed E-state index contributed by atoms with van der Waals surface area (Å²) in [5.41, 5.74) is 1.12. The molecule has 8 heteroatoms. The molecule has 2 rings (SSSR count). The third-order valence-corrected chi connectivity index (χ3v) is 5.01. The van der Waals surface area contributed by atoms with Gasteiger partial charge in [0.1, 0.15) is 6.10 Å². The minimum Gasteiger partial charge on any atom is -0.465 e. The van der Waals surface area contributed by atoms with Gasteiger partial charge in [-0.1, -0.05) is 30.3 Å². The molecular weight excluding hydrogens is 378 g/mol. The minimum atomic E-state index is -1.30. The number of rotatable bonds is 8. The molecule has 162 valence electrons. The number of carbonyl (C=O) groups excluding carboxylic acids is 1. The van der Waals surface area contributed by atoms with Crippen LogP contribution in [0.1, 0.15) is 25.8 Å². The molecule has 1 aromatic carbocycles.